The van der Waals surface area contributed by atoms with Crippen LogP contribution in [0.5, 0.6) is 5.75 Å². The molecule has 1 saturated heterocycles. The number of hydrogen-bond acceptors (Lipinski definition) is 6. The number of carbonyl (C=O) groups excluding carboxylic acids is 2. The van der Waals surface area contributed by atoms with Crippen LogP contribution >= 0.6 is 0 Å². The average molecular weight is 518 g/mol. The molecule has 0 spiro atoms. The highest BCUT2D eigenvalue weighted by atomic mass is 19.3. The van der Waals surface area contributed by atoms with Crippen LogP contribution in [0.1, 0.15) is 22.6 Å². The number of nitrogens with zero attached hydrogens (tertiary/aromatic N) is 5. The van der Waals surface area contributed by atoms with Gasteiger partial charge in [-0.25, -0.2) is 27.2 Å². The summed E-state index contributed by atoms with van der Waals surface area (Å²) in [4.78, 5) is 32.2. The van der Waals surface area contributed by atoms with Gasteiger partial charge in [0.2, 0.25) is 5.82 Å². The molecule has 0 radical (unpaired) electrons. The number of aromatic nitrogens is 3. The van der Waals surface area contributed by atoms with Crippen molar-refractivity contribution in [3.05, 3.63) is 65.7 Å². The van der Waals surface area contributed by atoms with E-state index in [1.54, 1.807) is 18.2 Å². The van der Waals surface area contributed by atoms with Gasteiger partial charge in [-0.2, -0.15) is 0 Å². The molecule has 0 bridgehead atoms. The number of anilines is 2. The van der Waals surface area contributed by atoms with Gasteiger partial charge in [0.25, 0.3) is 17.7 Å². The van der Waals surface area contributed by atoms with Crippen molar-refractivity contribution in [1.29, 1.82) is 0 Å². The molecule has 2 aliphatic heterocycles. The topological polar surface area (TPSA) is 92.6 Å². The maximum atomic E-state index is 14.8. The number of amides is 2. The quantitative estimate of drug-likeness (QED) is 0.523. The zero-order chi connectivity index (χ0) is 26.3. The molecular formula is C24H22F4N6O3. The number of nitrogens with one attached hydrogen (secondary N) is 1. The third-order valence-electron chi connectivity index (χ3n) is 6.27. The van der Waals surface area contributed by atoms with Crippen LogP contribution in [0.25, 0.3) is 0 Å². The molecule has 1 aromatic heterocycles. The highest BCUT2D eigenvalue weighted by Gasteiger charge is 2.40. The Labute approximate surface area is 208 Å². The molecule has 2 aliphatic rings. The van der Waals surface area contributed by atoms with Gasteiger partial charge < -0.3 is 19.9 Å². The highest BCUT2D eigenvalue weighted by Crippen LogP contribution is 2.39. The van der Waals surface area contributed by atoms with Crippen LogP contribution in [0, 0.1) is 11.6 Å². The van der Waals surface area contributed by atoms with Crippen molar-refractivity contribution in [2.75, 3.05) is 36.5 Å². The second kappa shape index (κ2) is 9.37. The average Bonchev–Trinajstić information content (AvgIpc) is 3.45. The van der Waals surface area contributed by atoms with E-state index in [-0.39, 0.29) is 42.6 Å². The summed E-state index contributed by atoms with van der Waals surface area (Å²) in [6.45, 7) is -0.918. The van der Waals surface area contributed by atoms with Crippen molar-refractivity contribution in [2.24, 2.45) is 0 Å². The summed E-state index contributed by atoms with van der Waals surface area (Å²) >= 11 is 0. The number of rotatable bonds is 5. The van der Waals surface area contributed by atoms with E-state index in [1.165, 1.54) is 40.0 Å². The van der Waals surface area contributed by atoms with Gasteiger partial charge in [-0.3, -0.25) is 9.59 Å². The Morgan fingerprint density at radius 2 is 1.97 bits per heavy atom. The highest BCUT2D eigenvalue weighted by molar-refractivity contribution is 6.02. The summed E-state index contributed by atoms with van der Waals surface area (Å²) in [6.07, 6.45) is 0.869. The van der Waals surface area contributed by atoms with Crippen LogP contribution in [0.2, 0.25) is 0 Å². The van der Waals surface area contributed by atoms with E-state index in [0.717, 1.165) is 6.07 Å². The summed E-state index contributed by atoms with van der Waals surface area (Å²) in [5, 5.41) is 6.55. The first-order valence-electron chi connectivity index (χ1n) is 11.4. The first-order chi connectivity index (χ1) is 17.6. The Kier molecular flexibility index (Phi) is 6.21. The SMILES string of the molecule is CN1C(=O)[C@@H](NC(=O)c2ncn(Cc3ccccc3F)n2)COc2cc(F)c(N3CCC(F)(F)C3)cc21. The molecule has 1 fully saturated rings. The fourth-order valence-electron chi connectivity index (χ4n) is 4.29. The molecule has 1 N–H and O–H groups in total. The van der Waals surface area contributed by atoms with Crippen molar-refractivity contribution < 1.29 is 31.9 Å². The van der Waals surface area contributed by atoms with E-state index in [0.29, 0.717) is 5.56 Å². The number of alkyl halides is 2. The van der Waals surface area contributed by atoms with Gasteiger partial charge >= 0.3 is 0 Å². The zero-order valence-electron chi connectivity index (χ0n) is 19.6. The van der Waals surface area contributed by atoms with Crippen molar-refractivity contribution in [2.45, 2.75) is 24.9 Å². The zero-order valence-corrected chi connectivity index (χ0v) is 19.6. The van der Waals surface area contributed by atoms with Gasteiger partial charge in [0.05, 0.1) is 24.5 Å². The van der Waals surface area contributed by atoms with Crippen LogP contribution in [0.4, 0.5) is 28.9 Å². The molecule has 0 saturated carbocycles. The van der Waals surface area contributed by atoms with Gasteiger partial charge in [-0.15, -0.1) is 5.10 Å². The Bertz CT molecular complexity index is 1360. The lowest BCUT2D eigenvalue weighted by molar-refractivity contribution is -0.120. The molecule has 0 unspecified atom stereocenters. The summed E-state index contributed by atoms with van der Waals surface area (Å²) in [7, 11) is 1.41. The van der Waals surface area contributed by atoms with E-state index >= 15 is 0 Å². The van der Waals surface area contributed by atoms with Gasteiger partial charge in [0.1, 0.15) is 36.4 Å². The first kappa shape index (κ1) is 24.5. The molecule has 9 nitrogen and oxygen atoms in total. The minimum Gasteiger partial charge on any atom is -0.489 e. The van der Waals surface area contributed by atoms with E-state index in [1.807, 2.05) is 0 Å². The van der Waals surface area contributed by atoms with Crippen LogP contribution in [-0.4, -0.2) is 65.3 Å². The Hall–Kier alpha value is -4.16. The molecule has 1 atom stereocenters. The van der Waals surface area contributed by atoms with Crippen LogP contribution < -0.4 is 19.9 Å². The molecule has 0 aliphatic carbocycles. The fraction of sp³-hybridized carbons (Fsp3) is 0.333. The monoisotopic (exact) mass is 518 g/mol. The normalized spacial score (nSPS) is 18.8. The van der Waals surface area contributed by atoms with Gasteiger partial charge in [0.15, 0.2) is 0 Å². The minimum absolute atomic E-state index is 0.0313. The van der Waals surface area contributed by atoms with Crippen molar-refractivity contribution in [3.8, 4) is 5.75 Å². The maximum Gasteiger partial charge on any atom is 0.291 e. The van der Waals surface area contributed by atoms with Crippen LogP contribution in [-0.2, 0) is 11.3 Å². The van der Waals surface area contributed by atoms with E-state index < -0.39 is 48.4 Å². The number of hydrogen-bond donors (Lipinski definition) is 1. The fourth-order valence-corrected chi connectivity index (χ4v) is 4.29. The van der Waals surface area contributed by atoms with Crippen molar-refractivity contribution in [1.82, 2.24) is 20.1 Å². The summed E-state index contributed by atoms with van der Waals surface area (Å²) in [5.41, 5.74) is 0.474. The third kappa shape index (κ3) is 4.93. The van der Waals surface area contributed by atoms with Gasteiger partial charge in [-0.05, 0) is 12.1 Å². The molecule has 2 aromatic carbocycles. The smallest absolute Gasteiger partial charge is 0.291 e. The molecule has 13 heteroatoms. The number of ether oxygens (including phenoxy) is 1. The molecular weight excluding hydrogens is 496 g/mol. The largest absolute Gasteiger partial charge is 0.489 e. The summed E-state index contributed by atoms with van der Waals surface area (Å²) < 4.78 is 62.9. The Morgan fingerprint density at radius 1 is 1.19 bits per heavy atom. The first-order valence-corrected chi connectivity index (χ1v) is 11.4. The van der Waals surface area contributed by atoms with E-state index in [9.17, 15) is 27.2 Å². The number of carbonyl (C=O) groups is 2. The van der Waals surface area contributed by atoms with Gasteiger partial charge in [-0.1, -0.05) is 18.2 Å². The van der Waals surface area contributed by atoms with Crippen molar-refractivity contribution in [3.63, 3.8) is 0 Å². The standard InChI is InChI=1S/C24H22F4N6O3/c1-32-19-9-18(33-7-6-24(27,28)12-33)16(26)8-20(19)37-11-17(23(32)36)30-22(35)21-29-13-34(31-21)10-14-4-2-3-5-15(14)25/h2-5,8-9,13,17H,6-7,10-12H2,1H3,(H,30,35)/t17-/m0/s1. The Morgan fingerprint density at radius 3 is 2.70 bits per heavy atom. The summed E-state index contributed by atoms with van der Waals surface area (Å²) in [6, 6.07) is 7.29. The lowest BCUT2D eigenvalue weighted by Crippen LogP contribution is -2.49. The molecule has 2 amide bonds. The lowest BCUT2D eigenvalue weighted by Gasteiger charge is -2.23. The predicted octanol–water partition coefficient (Wildman–Crippen LogP) is 2.60. The van der Waals surface area contributed by atoms with Crippen LogP contribution in [0.3, 0.4) is 0 Å². The third-order valence-corrected chi connectivity index (χ3v) is 6.27. The Balaban J connectivity index is 1.30. The molecule has 3 heterocycles. The van der Waals surface area contributed by atoms with Gasteiger partial charge in [0, 0.05) is 31.6 Å². The summed E-state index contributed by atoms with van der Waals surface area (Å²) in [5.74, 6) is -5.65. The molecule has 3 aromatic rings. The second-order valence-corrected chi connectivity index (χ2v) is 8.89. The number of likely N-dealkylation sites (N-methyl/N-ethyl adjacent to an activating group) is 1. The van der Waals surface area contributed by atoms with Crippen LogP contribution in [0.15, 0.2) is 42.7 Å². The second-order valence-electron chi connectivity index (χ2n) is 8.89. The number of benzene rings is 2. The minimum atomic E-state index is -2.93. The van der Waals surface area contributed by atoms with E-state index in [2.05, 4.69) is 15.4 Å². The number of fused-ring (bicyclic) bond motifs is 1. The lowest BCUT2D eigenvalue weighted by atomic mass is 10.2. The number of halogens is 4. The molecule has 194 valence electrons. The predicted molar refractivity (Wildman–Crippen MR) is 124 cm³/mol. The van der Waals surface area contributed by atoms with E-state index in [4.69, 9.17) is 4.74 Å². The molecule has 5 rings (SSSR count). The molecule has 37 heavy (non-hydrogen) atoms. The maximum absolute atomic E-state index is 14.8. The van der Waals surface area contributed by atoms with Crippen molar-refractivity contribution >= 4 is 23.2 Å².